The lowest BCUT2D eigenvalue weighted by molar-refractivity contribution is -0.132. The van der Waals surface area contributed by atoms with Crippen LogP contribution in [0.1, 0.15) is 27.7 Å². The van der Waals surface area contributed by atoms with E-state index >= 15 is 0 Å². The summed E-state index contributed by atoms with van der Waals surface area (Å²) in [5.41, 5.74) is 0.884. The van der Waals surface area contributed by atoms with E-state index < -0.39 is 10.0 Å². The van der Waals surface area contributed by atoms with E-state index in [0.717, 1.165) is 16.0 Å². The normalized spacial score (nSPS) is 12.5. The minimum absolute atomic E-state index is 0.0818. The number of benzene rings is 1. The summed E-state index contributed by atoms with van der Waals surface area (Å²) in [6.07, 6.45) is 0. The fraction of sp³-hybridized carbons (Fsp3) is 0.588. The van der Waals surface area contributed by atoms with Gasteiger partial charge in [-0.15, -0.1) is 0 Å². The van der Waals surface area contributed by atoms with Crippen LogP contribution in [0.3, 0.4) is 0 Å². The van der Waals surface area contributed by atoms with Crippen LogP contribution in [0.5, 0.6) is 0 Å². The molecular weight excluding hydrogens is 372 g/mol. The van der Waals surface area contributed by atoms with Crippen LogP contribution < -0.4 is 0 Å². The fourth-order valence-electron chi connectivity index (χ4n) is 2.69. The van der Waals surface area contributed by atoms with Gasteiger partial charge >= 0.3 is 0 Å². The highest BCUT2D eigenvalue weighted by Gasteiger charge is 2.28. The maximum Gasteiger partial charge on any atom is 0.245 e. The molecule has 2 aromatic rings. The smallest absolute Gasteiger partial charge is 0.245 e. The number of likely N-dealkylation sites (N-methyl/N-ethyl adjacent to an activating group) is 1. The molecule has 0 bridgehead atoms. The van der Waals surface area contributed by atoms with Crippen LogP contribution in [0, 0.1) is 11.8 Å². The lowest BCUT2D eigenvalue weighted by Crippen LogP contribution is -2.44. The zero-order chi connectivity index (χ0) is 19.5. The average Bonchev–Trinajstić information content (AvgIpc) is 3.01. The van der Waals surface area contributed by atoms with Crippen LogP contribution in [0.4, 0.5) is 0 Å². The minimum atomic E-state index is -3.83. The van der Waals surface area contributed by atoms with Crippen LogP contribution in [-0.2, 0) is 14.8 Å². The highest BCUT2D eigenvalue weighted by molar-refractivity contribution is 7.89. The second-order valence-electron chi connectivity index (χ2n) is 7.24. The molecule has 0 radical (unpaired) electrons. The van der Waals surface area contributed by atoms with E-state index in [9.17, 15) is 13.2 Å². The molecule has 0 atom stereocenters. The van der Waals surface area contributed by atoms with Crippen molar-refractivity contribution in [1.82, 2.24) is 18.0 Å². The first-order valence-electron chi connectivity index (χ1n) is 8.58. The molecule has 1 aromatic carbocycles. The molecular formula is C17H26N4O3S2. The van der Waals surface area contributed by atoms with E-state index in [2.05, 4.69) is 8.75 Å². The van der Waals surface area contributed by atoms with Crippen LogP contribution in [0.15, 0.2) is 23.1 Å². The SMILES string of the molecule is CC(C)CN(CC(C)C)C(=O)CN(C)S(=O)(=O)c1cccc2nsnc12. The van der Waals surface area contributed by atoms with Crippen LogP contribution >= 0.6 is 11.7 Å². The monoisotopic (exact) mass is 398 g/mol. The first-order valence-corrected chi connectivity index (χ1v) is 10.7. The van der Waals surface area contributed by atoms with Crippen LogP contribution in [0.25, 0.3) is 11.0 Å². The third kappa shape index (κ3) is 4.77. The van der Waals surface area contributed by atoms with E-state index in [1.54, 1.807) is 17.0 Å². The molecule has 0 spiro atoms. The predicted molar refractivity (Wildman–Crippen MR) is 103 cm³/mol. The Morgan fingerprint density at radius 2 is 1.73 bits per heavy atom. The quantitative estimate of drug-likeness (QED) is 0.682. The van der Waals surface area contributed by atoms with Gasteiger partial charge in [0.1, 0.15) is 15.9 Å². The van der Waals surface area contributed by atoms with E-state index in [1.165, 1.54) is 13.1 Å². The number of nitrogens with zero attached hydrogens (tertiary/aromatic N) is 4. The molecule has 0 aliphatic heterocycles. The molecule has 1 aromatic heterocycles. The lowest BCUT2D eigenvalue weighted by Gasteiger charge is -2.28. The first-order chi connectivity index (χ1) is 12.1. The molecule has 0 aliphatic carbocycles. The number of hydrogen-bond donors (Lipinski definition) is 0. The van der Waals surface area contributed by atoms with Crippen molar-refractivity contribution >= 4 is 38.7 Å². The van der Waals surface area contributed by atoms with Gasteiger partial charge in [0.05, 0.1) is 18.3 Å². The van der Waals surface area contributed by atoms with E-state index in [4.69, 9.17) is 0 Å². The number of amides is 1. The van der Waals surface area contributed by atoms with Gasteiger partial charge in [0, 0.05) is 20.1 Å². The van der Waals surface area contributed by atoms with Crippen molar-refractivity contribution in [1.29, 1.82) is 0 Å². The van der Waals surface area contributed by atoms with Gasteiger partial charge in [-0.1, -0.05) is 33.8 Å². The van der Waals surface area contributed by atoms with Crippen LogP contribution in [-0.4, -0.2) is 59.0 Å². The highest BCUT2D eigenvalue weighted by Crippen LogP contribution is 2.23. The summed E-state index contributed by atoms with van der Waals surface area (Å²) in [5, 5.41) is 0. The molecule has 0 N–H and O–H groups in total. The standard InChI is InChI=1S/C17H26N4O3S2/c1-12(2)9-21(10-13(3)4)16(22)11-20(5)26(23,24)15-8-6-7-14-17(15)19-25-18-14/h6-8,12-13H,9-11H2,1-5H3. The molecule has 7 nitrogen and oxygen atoms in total. The summed E-state index contributed by atoms with van der Waals surface area (Å²) in [6, 6.07) is 4.85. The van der Waals surface area contributed by atoms with Gasteiger partial charge in [0.2, 0.25) is 15.9 Å². The largest absolute Gasteiger partial charge is 0.341 e. The molecule has 0 aliphatic rings. The number of carbonyl (C=O) groups excluding carboxylic acids is 1. The number of carbonyl (C=O) groups is 1. The summed E-state index contributed by atoms with van der Waals surface area (Å²) in [6.45, 7) is 9.17. The minimum Gasteiger partial charge on any atom is -0.341 e. The Hall–Kier alpha value is -1.58. The van der Waals surface area contributed by atoms with Crippen LogP contribution in [0.2, 0.25) is 0 Å². The van der Waals surface area contributed by atoms with Gasteiger partial charge in [-0.3, -0.25) is 4.79 Å². The molecule has 0 saturated heterocycles. The Morgan fingerprint density at radius 3 is 2.31 bits per heavy atom. The van der Waals surface area contributed by atoms with Gasteiger partial charge in [-0.2, -0.15) is 13.1 Å². The van der Waals surface area contributed by atoms with Crippen molar-refractivity contribution in [3.8, 4) is 0 Å². The van der Waals surface area contributed by atoms with E-state index in [0.29, 0.717) is 36.0 Å². The molecule has 0 fully saturated rings. The average molecular weight is 399 g/mol. The Bertz CT molecular complexity index is 852. The number of sulfonamides is 1. The van der Waals surface area contributed by atoms with Gasteiger partial charge in [-0.05, 0) is 24.0 Å². The third-order valence-electron chi connectivity index (χ3n) is 3.82. The van der Waals surface area contributed by atoms with Gasteiger partial charge in [0.15, 0.2) is 0 Å². The fourth-order valence-corrected chi connectivity index (χ4v) is 4.56. The van der Waals surface area contributed by atoms with Gasteiger partial charge < -0.3 is 4.90 Å². The number of hydrogen-bond acceptors (Lipinski definition) is 6. The van der Waals surface area contributed by atoms with Crippen molar-refractivity contribution < 1.29 is 13.2 Å². The van der Waals surface area contributed by atoms with E-state index in [-0.39, 0.29) is 17.3 Å². The Balaban J connectivity index is 2.22. The third-order valence-corrected chi connectivity index (χ3v) is 6.20. The summed E-state index contributed by atoms with van der Waals surface area (Å²) < 4.78 is 35.1. The molecule has 9 heteroatoms. The number of aromatic nitrogens is 2. The zero-order valence-corrected chi connectivity index (χ0v) is 17.5. The number of fused-ring (bicyclic) bond motifs is 1. The second-order valence-corrected chi connectivity index (χ2v) is 9.78. The highest BCUT2D eigenvalue weighted by atomic mass is 32.2. The molecule has 2 rings (SSSR count). The Morgan fingerprint density at radius 1 is 1.12 bits per heavy atom. The first kappa shape index (κ1) is 20.7. The Kier molecular flexibility index (Phi) is 6.70. The summed E-state index contributed by atoms with van der Waals surface area (Å²) >= 11 is 0.969. The van der Waals surface area contributed by atoms with E-state index in [1.807, 2.05) is 27.7 Å². The van der Waals surface area contributed by atoms with Crippen molar-refractivity contribution in [2.45, 2.75) is 32.6 Å². The summed E-state index contributed by atoms with van der Waals surface area (Å²) in [5.74, 6) is 0.436. The summed E-state index contributed by atoms with van der Waals surface area (Å²) in [4.78, 5) is 14.5. The molecule has 0 saturated carbocycles. The molecule has 0 unspecified atom stereocenters. The molecule has 1 heterocycles. The summed E-state index contributed by atoms with van der Waals surface area (Å²) in [7, 11) is -2.41. The van der Waals surface area contributed by atoms with Crippen molar-refractivity contribution in [3.05, 3.63) is 18.2 Å². The zero-order valence-electron chi connectivity index (χ0n) is 15.8. The molecule has 1 amide bonds. The maximum atomic E-state index is 12.9. The maximum absolute atomic E-state index is 12.9. The second kappa shape index (κ2) is 8.41. The Labute approximate surface area is 159 Å². The topological polar surface area (TPSA) is 83.5 Å². The van der Waals surface area contributed by atoms with Gasteiger partial charge in [0.25, 0.3) is 0 Å². The molecule has 144 valence electrons. The number of rotatable bonds is 8. The van der Waals surface area contributed by atoms with Crippen molar-refractivity contribution in [2.75, 3.05) is 26.7 Å². The van der Waals surface area contributed by atoms with Crippen molar-refractivity contribution in [3.63, 3.8) is 0 Å². The lowest BCUT2D eigenvalue weighted by atomic mass is 10.1. The van der Waals surface area contributed by atoms with Crippen molar-refractivity contribution in [2.24, 2.45) is 11.8 Å². The van der Waals surface area contributed by atoms with Gasteiger partial charge in [-0.25, -0.2) is 8.42 Å². The molecule has 26 heavy (non-hydrogen) atoms. The predicted octanol–water partition coefficient (Wildman–Crippen LogP) is 2.45.